The van der Waals surface area contributed by atoms with E-state index in [1.54, 1.807) is 48.7 Å². The summed E-state index contributed by atoms with van der Waals surface area (Å²) in [7, 11) is 0. The van der Waals surface area contributed by atoms with Crippen molar-refractivity contribution in [2.45, 2.75) is 36.8 Å². The number of para-hydroxylation sites is 1. The number of carbonyl (C=O) groups is 3. The molecule has 3 amide bonds. The van der Waals surface area contributed by atoms with Crippen LogP contribution >= 0.6 is 11.8 Å². The number of aromatic nitrogens is 1. The second-order valence-electron chi connectivity index (χ2n) is 10.6. The second kappa shape index (κ2) is 15.6. The van der Waals surface area contributed by atoms with Crippen molar-refractivity contribution in [1.29, 1.82) is 0 Å². The van der Waals surface area contributed by atoms with Gasteiger partial charge in [-0.3, -0.25) is 14.4 Å². The standard InChI is InChI=1S/C37H36N4O4S/c1-3-4-22-45-30-18-14-28(15-19-30)39-35(42)25(2)46-31-20-16-29(17-21-31)40-37(44)34(41-36(43)26-10-6-5-7-11-26)23-27-24-38-33-13-9-8-12-32(27)33/h5-21,23-25,38H,3-4,22H2,1-2H3,(H,39,42)(H,40,44)(H,41,43)/b34-23-/t25-/m1/s1. The largest absolute Gasteiger partial charge is 0.494 e. The molecule has 5 rings (SSSR count). The zero-order chi connectivity index (χ0) is 32.3. The van der Waals surface area contributed by atoms with Gasteiger partial charge in [0.2, 0.25) is 5.91 Å². The number of anilines is 2. The van der Waals surface area contributed by atoms with Crippen molar-refractivity contribution < 1.29 is 19.1 Å². The van der Waals surface area contributed by atoms with Crippen molar-refractivity contribution >= 4 is 57.8 Å². The number of fused-ring (bicyclic) bond motifs is 1. The molecule has 9 heteroatoms. The minimum absolute atomic E-state index is 0.0999. The van der Waals surface area contributed by atoms with E-state index in [-0.39, 0.29) is 16.9 Å². The molecule has 0 radical (unpaired) electrons. The molecular weight excluding hydrogens is 596 g/mol. The number of unbranched alkanes of at least 4 members (excludes halogenated alkanes) is 1. The number of hydrogen-bond donors (Lipinski definition) is 4. The maximum atomic E-state index is 13.5. The zero-order valence-electron chi connectivity index (χ0n) is 25.7. The SMILES string of the molecule is CCCCOc1ccc(NC(=O)[C@@H](C)Sc2ccc(NC(=O)/C(=C/c3c[nH]c4ccccc34)NC(=O)c3ccccc3)cc2)cc1. The first kappa shape index (κ1) is 32.1. The van der Waals surface area contributed by atoms with Gasteiger partial charge >= 0.3 is 0 Å². The van der Waals surface area contributed by atoms with E-state index in [4.69, 9.17) is 4.74 Å². The molecule has 0 fully saturated rings. The lowest BCUT2D eigenvalue weighted by Gasteiger charge is -2.14. The van der Waals surface area contributed by atoms with Gasteiger partial charge in [-0.05, 0) is 86.2 Å². The number of aromatic amines is 1. The summed E-state index contributed by atoms with van der Waals surface area (Å²) in [4.78, 5) is 43.4. The van der Waals surface area contributed by atoms with Gasteiger partial charge in [0, 0.05) is 44.5 Å². The van der Waals surface area contributed by atoms with E-state index >= 15 is 0 Å². The molecule has 0 bridgehead atoms. The average Bonchev–Trinajstić information content (AvgIpc) is 3.49. The Morgan fingerprint density at radius 2 is 1.52 bits per heavy atom. The van der Waals surface area contributed by atoms with Crippen molar-refractivity contribution in [3.63, 3.8) is 0 Å². The van der Waals surface area contributed by atoms with Crippen LogP contribution in [-0.2, 0) is 9.59 Å². The molecule has 234 valence electrons. The number of amides is 3. The van der Waals surface area contributed by atoms with E-state index in [0.29, 0.717) is 23.5 Å². The minimum Gasteiger partial charge on any atom is -0.494 e. The normalized spacial score (nSPS) is 11.9. The van der Waals surface area contributed by atoms with Crippen LogP contribution in [0.3, 0.4) is 0 Å². The van der Waals surface area contributed by atoms with Gasteiger partial charge in [-0.15, -0.1) is 11.8 Å². The van der Waals surface area contributed by atoms with Gasteiger partial charge in [-0.2, -0.15) is 0 Å². The fraction of sp³-hybridized carbons (Fsp3) is 0.162. The summed E-state index contributed by atoms with van der Waals surface area (Å²) in [5.41, 5.74) is 3.48. The third-order valence-corrected chi connectivity index (χ3v) is 8.24. The minimum atomic E-state index is -0.468. The Hall–Kier alpha value is -5.28. The first-order valence-corrected chi connectivity index (χ1v) is 16.0. The molecule has 46 heavy (non-hydrogen) atoms. The van der Waals surface area contributed by atoms with Gasteiger partial charge < -0.3 is 25.7 Å². The van der Waals surface area contributed by atoms with Crippen molar-refractivity contribution in [3.8, 4) is 5.75 Å². The molecule has 8 nitrogen and oxygen atoms in total. The summed E-state index contributed by atoms with van der Waals surface area (Å²) < 4.78 is 5.69. The molecule has 5 aromatic rings. The van der Waals surface area contributed by atoms with E-state index in [9.17, 15) is 14.4 Å². The van der Waals surface area contributed by atoms with Gasteiger partial charge in [0.15, 0.2) is 0 Å². The summed E-state index contributed by atoms with van der Waals surface area (Å²) in [5, 5.41) is 9.18. The second-order valence-corrected chi connectivity index (χ2v) is 12.0. The highest BCUT2D eigenvalue weighted by atomic mass is 32.2. The highest BCUT2D eigenvalue weighted by Gasteiger charge is 2.18. The monoisotopic (exact) mass is 632 g/mol. The summed E-state index contributed by atoms with van der Waals surface area (Å²) in [6, 6.07) is 31.1. The van der Waals surface area contributed by atoms with Gasteiger partial charge in [0.1, 0.15) is 11.4 Å². The van der Waals surface area contributed by atoms with Crippen LogP contribution in [0.25, 0.3) is 17.0 Å². The highest BCUT2D eigenvalue weighted by molar-refractivity contribution is 8.00. The van der Waals surface area contributed by atoms with Crippen LogP contribution in [0.4, 0.5) is 11.4 Å². The quantitative estimate of drug-likeness (QED) is 0.0600. The smallest absolute Gasteiger partial charge is 0.272 e. The third-order valence-electron chi connectivity index (χ3n) is 7.13. The summed E-state index contributed by atoms with van der Waals surface area (Å²) in [6.45, 7) is 4.63. The van der Waals surface area contributed by atoms with Crippen molar-refractivity contribution in [2.75, 3.05) is 17.2 Å². The molecule has 1 heterocycles. The number of benzene rings is 4. The average molecular weight is 633 g/mol. The van der Waals surface area contributed by atoms with Crippen LogP contribution in [-0.4, -0.2) is 34.6 Å². The molecule has 0 unspecified atom stereocenters. The van der Waals surface area contributed by atoms with E-state index in [2.05, 4.69) is 27.9 Å². The molecule has 1 aromatic heterocycles. The highest BCUT2D eigenvalue weighted by Crippen LogP contribution is 2.27. The molecule has 4 N–H and O–H groups in total. The van der Waals surface area contributed by atoms with Gasteiger partial charge in [0.25, 0.3) is 11.8 Å². The fourth-order valence-corrected chi connectivity index (χ4v) is 5.46. The number of carbonyl (C=O) groups excluding carboxylic acids is 3. The van der Waals surface area contributed by atoms with Crippen LogP contribution in [0.5, 0.6) is 5.75 Å². The summed E-state index contributed by atoms with van der Waals surface area (Å²) in [6.07, 6.45) is 5.53. The number of rotatable bonds is 13. The Labute approximate surface area is 272 Å². The molecular formula is C37H36N4O4S. The number of H-pyrrole nitrogens is 1. The Balaban J connectivity index is 1.22. The summed E-state index contributed by atoms with van der Waals surface area (Å²) >= 11 is 1.41. The number of thioether (sulfide) groups is 1. The number of nitrogens with one attached hydrogen (secondary N) is 4. The maximum Gasteiger partial charge on any atom is 0.272 e. The van der Waals surface area contributed by atoms with Crippen molar-refractivity contribution in [2.24, 2.45) is 0 Å². The van der Waals surface area contributed by atoms with Crippen LogP contribution < -0.4 is 20.7 Å². The molecule has 0 aliphatic carbocycles. The third kappa shape index (κ3) is 8.67. The van der Waals surface area contributed by atoms with Crippen LogP contribution in [0, 0.1) is 0 Å². The van der Waals surface area contributed by atoms with E-state index in [0.717, 1.165) is 40.0 Å². The lowest BCUT2D eigenvalue weighted by Crippen LogP contribution is -2.30. The molecule has 0 spiro atoms. The van der Waals surface area contributed by atoms with Crippen LogP contribution in [0.1, 0.15) is 42.6 Å². The number of hydrogen-bond acceptors (Lipinski definition) is 5. The first-order chi connectivity index (χ1) is 22.4. The molecule has 0 saturated heterocycles. The fourth-order valence-electron chi connectivity index (χ4n) is 4.60. The molecule has 1 atom stereocenters. The predicted octanol–water partition coefficient (Wildman–Crippen LogP) is 7.88. The Bertz CT molecular complexity index is 1820. The van der Waals surface area contributed by atoms with Crippen LogP contribution in [0.2, 0.25) is 0 Å². The molecule has 0 aliphatic heterocycles. The van der Waals surface area contributed by atoms with Crippen molar-refractivity contribution in [3.05, 3.63) is 126 Å². The molecule has 0 saturated carbocycles. The zero-order valence-corrected chi connectivity index (χ0v) is 26.5. The van der Waals surface area contributed by atoms with Crippen LogP contribution in [0.15, 0.2) is 120 Å². The Kier molecular flexibility index (Phi) is 10.9. The topological polar surface area (TPSA) is 112 Å². The van der Waals surface area contributed by atoms with Gasteiger partial charge in [-0.1, -0.05) is 49.7 Å². The first-order valence-electron chi connectivity index (χ1n) is 15.2. The predicted molar refractivity (Wildman–Crippen MR) is 186 cm³/mol. The van der Waals surface area contributed by atoms with E-state index < -0.39 is 11.8 Å². The van der Waals surface area contributed by atoms with Gasteiger partial charge in [-0.25, -0.2) is 0 Å². The summed E-state index contributed by atoms with van der Waals surface area (Å²) in [5.74, 6) is -0.204. The Morgan fingerprint density at radius 1 is 0.848 bits per heavy atom. The van der Waals surface area contributed by atoms with Crippen molar-refractivity contribution in [1.82, 2.24) is 10.3 Å². The van der Waals surface area contributed by atoms with E-state index in [1.807, 2.05) is 73.7 Å². The maximum absolute atomic E-state index is 13.5. The lowest BCUT2D eigenvalue weighted by atomic mass is 10.1. The molecule has 4 aromatic carbocycles. The Morgan fingerprint density at radius 3 is 2.26 bits per heavy atom. The molecule has 0 aliphatic rings. The van der Waals surface area contributed by atoms with E-state index in [1.165, 1.54) is 11.8 Å². The van der Waals surface area contributed by atoms with Gasteiger partial charge in [0.05, 0.1) is 11.9 Å². The number of ether oxygens (including phenoxy) is 1. The lowest BCUT2D eigenvalue weighted by molar-refractivity contribution is -0.115.